The Morgan fingerprint density at radius 2 is 1.68 bits per heavy atom. The molecule has 4 rings (SSSR count). The van der Waals surface area contributed by atoms with Gasteiger partial charge >= 0.3 is 0 Å². The Labute approximate surface area is 143 Å². The van der Waals surface area contributed by atoms with E-state index < -0.39 is 11.6 Å². The normalized spacial score (nSPS) is 11.0. The number of halogens is 2. The van der Waals surface area contributed by atoms with Gasteiger partial charge in [-0.05, 0) is 59.7 Å². The van der Waals surface area contributed by atoms with Gasteiger partial charge in [-0.3, -0.25) is 0 Å². The van der Waals surface area contributed by atoms with Gasteiger partial charge in [0.2, 0.25) is 0 Å². The summed E-state index contributed by atoms with van der Waals surface area (Å²) in [6.07, 6.45) is 1.86. The van der Waals surface area contributed by atoms with E-state index in [-0.39, 0.29) is 0 Å². The number of anilines is 1. The van der Waals surface area contributed by atoms with Crippen molar-refractivity contribution in [2.75, 3.05) is 12.4 Å². The Hall–Kier alpha value is -3.21. The highest BCUT2D eigenvalue weighted by molar-refractivity contribution is 5.74. The van der Waals surface area contributed by atoms with Crippen LogP contribution < -0.4 is 5.32 Å². The third-order valence-corrected chi connectivity index (χ3v) is 4.16. The standard InChI is InChI=1S/C20H15F2N3/c1-23-16-4-2-3-13(9-16)14-7-8-25-17(10-14)12-20(24-25)15-5-6-18(21)19(22)11-15/h2-12,23H,1H3. The van der Waals surface area contributed by atoms with Gasteiger partial charge in [-0.15, -0.1) is 0 Å². The van der Waals surface area contributed by atoms with Gasteiger partial charge in [0.15, 0.2) is 11.6 Å². The van der Waals surface area contributed by atoms with Crippen molar-refractivity contribution in [2.45, 2.75) is 0 Å². The van der Waals surface area contributed by atoms with E-state index >= 15 is 0 Å². The Bertz CT molecular complexity index is 1070. The maximum Gasteiger partial charge on any atom is 0.159 e. The van der Waals surface area contributed by atoms with E-state index in [2.05, 4.69) is 16.5 Å². The van der Waals surface area contributed by atoms with Crippen LogP contribution in [0.4, 0.5) is 14.5 Å². The van der Waals surface area contributed by atoms with E-state index in [1.165, 1.54) is 6.07 Å². The second-order valence-corrected chi connectivity index (χ2v) is 5.77. The number of hydrogen-bond donors (Lipinski definition) is 1. The molecule has 0 unspecified atom stereocenters. The van der Waals surface area contributed by atoms with Crippen LogP contribution in [0, 0.1) is 11.6 Å². The monoisotopic (exact) mass is 335 g/mol. The Morgan fingerprint density at radius 3 is 2.48 bits per heavy atom. The topological polar surface area (TPSA) is 29.3 Å². The van der Waals surface area contributed by atoms with Crippen LogP contribution in [-0.2, 0) is 0 Å². The first-order valence-electron chi connectivity index (χ1n) is 7.87. The number of pyridine rings is 1. The number of nitrogens with one attached hydrogen (secondary N) is 1. The highest BCUT2D eigenvalue weighted by Crippen LogP contribution is 2.26. The fourth-order valence-corrected chi connectivity index (χ4v) is 2.82. The summed E-state index contributed by atoms with van der Waals surface area (Å²) < 4.78 is 28.3. The molecular weight excluding hydrogens is 320 g/mol. The van der Waals surface area contributed by atoms with Crippen LogP contribution in [0.15, 0.2) is 66.9 Å². The fourth-order valence-electron chi connectivity index (χ4n) is 2.82. The molecule has 0 spiro atoms. The van der Waals surface area contributed by atoms with Crippen molar-refractivity contribution in [1.82, 2.24) is 9.61 Å². The molecule has 0 radical (unpaired) electrons. The zero-order chi connectivity index (χ0) is 17.4. The Balaban J connectivity index is 1.77. The minimum Gasteiger partial charge on any atom is -0.388 e. The van der Waals surface area contributed by atoms with Crippen molar-refractivity contribution < 1.29 is 8.78 Å². The van der Waals surface area contributed by atoms with Crippen LogP contribution in [-0.4, -0.2) is 16.7 Å². The van der Waals surface area contributed by atoms with Gasteiger partial charge in [-0.1, -0.05) is 12.1 Å². The number of fused-ring (bicyclic) bond motifs is 1. The minimum absolute atomic E-state index is 0.543. The molecule has 5 heteroatoms. The summed E-state index contributed by atoms with van der Waals surface area (Å²) in [5, 5.41) is 7.56. The van der Waals surface area contributed by atoms with E-state index in [0.29, 0.717) is 11.3 Å². The molecule has 2 heterocycles. The predicted octanol–water partition coefficient (Wildman–Crippen LogP) is 4.99. The molecule has 25 heavy (non-hydrogen) atoms. The van der Waals surface area contributed by atoms with E-state index in [1.807, 2.05) is 49.6 Å². The SMILES string of the molecule is CNc1cccc(-c2ccn3nc(-c4ccc(F)c(F)c4)cc3c2)c1. The summed E-state index contributed by atoms with van der Waals surface area (Å²) in [5.41, 5.74) is 5.20. The highest BCUT2D eigenvalue weighted by atomic mass is 19.2. The quantitative estimate of drug-likeness (QED) is 0.572. The molecular formula is C20H15F2N3. The molecule has 0 aliphatic heterocycles. The van der Waals surface area contributed by atoms with Gasteiger partial charge < -0.3 is 5.32 Å². The second kappa shape index (κ2) is 6.02. The van der Waals surface area contributed by atoms with Crippen molar-refractivity contribution in [3.63, 3.8) is 0 Å². The maximum atomic E-state index is 13.5. The smallest absolute Gasteiger partial charge is 0.159 e. The lowest BCUT2D eigenvalue weighted by Crippen LogP contribution is -1.90. The molecule has 0 aliphatic rings. The summed E-state index contributed by atoms with van der Waals surface area (Å²) in [6.45, 7) is 0. The van der Waals surface area contributed by atoms with E-state index in [4.69, 9.17) is 0 Å². The molecule has 2 aromatic carbocycles. The Morgan fingerprint density at radius 1 is 0.840 bits per heavy atom. The van der Waals surface area contributed by atoms with Gasteiger partial charge in [0.05, 0.1) is 11.2 Å². The molecule has 0 amide bonds. The van der Waals surface area contributed by atoms with Crippen LogP contribution in [0.5, 0.6) is 0 Å². The van der Waals surface area contributed by atoms with Crippen LogP contribution >= 0.6 is 0 Å². The highest BCUT2D eigenvalue weighted by Gasteiger charge is 2.09. The number of benzene rings is 2. The van der Waals surface area contributed by atoms with Gasteiger partial charge in [-0.2, -0.15) is 5.10 Å². The summed E-state index contributed by atoms with van der Waals surface area (Å²) in [4.78, 5) is 0. The summed E-state index contributed by atoms with van der Waals surface area (Å²) in [7, 11) is 1.88. The molecule has 1 N–H and O–H groups in total. The first kappa shape index (κ1) is 15.3. The molecule has 0 fully saturated rings. The van der Waals surface area contributed by atoms with Gasteiger partial charge in [-0.25, -0.2) is 13.3 Å². The largest absolute Gasteiger partial charge is 0.388 e. The number of nitrogens with zero attached hydrogens (tertiary/aromatic N) is 2. The molecule has 0 saturated heterocycles. The maximum absolute atomic E-state index is 13.5. The average molecular weight is 335 g/mol. The van der Waals surface area contributed by atoms with Crippen LogP contribution in [0.2, 0.25) is 0 Å². The number of rotatable bonds is 3. The van der Waals surface area contributed by atoms with E-state index in [0.717, 1.165) is 34.5 Å². The van der Waals surface area contributed by atoms with Crippen molar-refractivity contribution in [3.8, 4) is 22.4 Å². The third kappa shape index (κ3) is 2.85. The van der Waals surface area contributed by atoms with Crippen molar-refractivity contribution in [3.05, 3.63) is 78.5 Å². The number of aromatic nitrogens is 2. The van der Waals surface area contributed by atoms with Gasteiger partial charge in [0, 0.05) is 24.5 Å². The second-order valence-electron chi connectivity index (χ2n) is 5.77. The van der Waals surface area contributed by atoms with Gasteiger partial charge in [0.25, 0.3) is 0 Å². The lowest BCUT2D eigenvalue weighted by atomic mass is 10.1. The summed E-state index contributed by atoms with van der Waals surface area (Å²) in [6, 6.07) is 17.8. The minimum atomic E-state index is -0.876. The zero-order valence-electron chi connectivity index (χ0n) is 13.5. The molecule has 4 aromatic rings. The molecule has 124 valence electrons. The van der Waals surface area contributed by atoms with Crippen molar-refractivity contribution in [1.29, 1.82) is 0 Å². The van der Waals surface area contributed by atoms with Crippen molar-refractivity contribution >= 4 is 11.2 Å². The van der Waals surface area contributed by atoms with Crippen LogP contribution in [0.1, 0.15) is 0 Å². The molecule has 0 bridgehead atoms. The lowest BCUT2D eigenvalue weighted by molar-refractivity contribution is 0.509. The van der Waals surface area contributed by atoms with Crippen LogP contribution in [0.3, 0.4) is 0 Å². The molecule has 0 saturated carbocycles. The first-order valence-corrected chi connectivity index (χ1v) is 7.87. The average Bonchev–Trinajstić information content (AvgIpc) is 3.07. The molecule has 2 aromatic heterocycles. The summed E-state index contributed by atoms with van der Waals surface area (Å²) in [5.74, 6) is -1.74. The van der Waals surface area contributed by atoms with E-state index in [9.17, 15) is 8.78 Å². The fraction of sp³-hybridized carbons (Fsp3) is 0.0500. The lowest BCUT2D eigenvalue weighted by Gasteiger charge is -2.05. The first-order chi connectivity index (χ1) is 12.1. The summed E-state index contributed by atoms with van der Waals surface area (Å²) >= 11 is 0. The van der Waals surface area contributed by atoms with Crippen molar-refractivity contribution in [2.24, 2.45) is 0 Å². The van der Waals surface area contributed by atoms with E-state index in [1.54, 1.807) is 4.52 Å². The Kier molecular flexibility index (Phi) is 3.69. The van der Waals surface area contributed by atoms with Crippen LogP contribution in [0.25, 0.3) is 27.9 Å². The molecule has 0 atom stereocenters. The predicted molar refractivity (Wildman–Crippen MR) is 95.5 cm³/mol. The zero-order valence-corrected chi connectivity index (χ0v) is 13.5. The third-order valence-electron chi connectivity index (χ3n) is 4.16. The molecule has 3 nitrogen and oxygen atoms in total. The van der Waals surface area contributed by atoms with Gasteiger partial charge in [0.1, 0.15) is 0 Å². The molecule has 0 aliphatic carbocycles. The number of hydrogen-bond acceptors (Lipinski definition) is 2.